The Hall–Kier alpha value is -1.77. The predicted octanol–water partition coefficient (Wildman–Crippen LogP) is 0.989. The highest BCUT2D eigenvalue weighted by Crippen LogP contribution is 2.40. The topological polar surface area (TPSA) is 96.8 Å². The first-order chi connectivity index (χ1) is 13.3. The average Bonchev–Trinajstić information content (AvgIpc) is 2.66. The van der Waals surface area contributed by atoms with Gasteiger partial charge >= 0.3 is 0 Å². The van der Waals surface area contributed by atoms with E-state index in [4.69, 9.17) is 9.47 Å². The van der Waals surface area contributed by atoms with Gasteiger partial charge in [0.2, 0.25) is 5.91 Å². The number of ether oxygens (including phenoxy) is 2. The third kappa shape index (κ3) is 4.14. The second kappa shape index (κ2) is 8.31. The van der Waals surface area contributed by atoms with Gasteiger partial charge in [0.1, 0.15) is 24.4 Å². The molecule has 1 aromatic heterocycles. The van der Waals surface area contributed by atoms with Gasteiger partial charge in [-0.3, -0.25) is 4.79 Å². The summed E-state index contributed by atoms with van der Waals surface area (Å²) < 4.78 is 11.0. The van der Waals surface area contributed by atoms with Crippen LogP contribution in [-0.4, -0.2) is 71.6 Å². The minimum Gasteiger partial charge on any atom is -0.388 e. The molecule has 0 aliphatic carbocycles. The van der Waals surface area contributed by atoms with Crippen LogP contribution in [0.15, 0.2) is 6.07 Å². The molecular formula is C20H32N4O4. The summed E-state index contributed by atoms with van der Waals surface area (Å²) in [5, 5.41) is 14.1. The zero-order valence-electron chi connectivity index (χ0n) is 17.3. The van der Waals surface area contributed by atoms with Crippen molar-refractivity contribution in [2.45, 2.75) is 63.7 Å². The van der Waals surface area contributed by atoms with Crippen LogP contribution in [0.5, 0.6) is 0 Å². The molecular weight excluding hydrogens is 360 g/mol. The highest BCUT2D eigenvalue weighted by molar-refractivity contribution is 5.78. The average molecular weight is 393 g/mol. The van der Waals surface area contributed by atoms with Crippen molar-refractivity contribution < 1.29 is 19.4 Å². The molecule has 3 heterocycles. The molecule has 2 atom stereocenters. The lowest BCUT2D eigenvalue weighted by atomic mass is 9.73. The molecule has 0 unspecified atom stereocenters. The van der Waals surface area contributed by atoms with Gasteiger partial charge in [0.25, 0.3) is 0 Å². The maximum atomic E-state index is 12.1. The first-order valence-corrected chi connectivity index (χ1v) is 10.0. The maximum absolute atomic E-state index is 12.1. The first kappa shape index (κ1) is 21.0. The van der Waals surface area contributed by atoms with E-state index in [1.807, 2.05) is 19.9 Å². The Morgan fingerprint density at radius 2 is 2.11 bits per heavy atom. The lowest BCUT2D eigenvalue weighted by molar-refractivity contribution is -0.198. The van der Waals surface area contributed by atoms with Crippen molar-refractivity contribution >= 4 is 11.7 Å². The number of nitrogens with one attached hydrogen (secondary N) is 1. The predicted molar refractivity (Wildman–Crippen MR) is 105 cm³/mol. The summed E-state index contributed by atoms with van der Waals surface area (Å²) >= 11 is 0. The molecule has 0 bridgehead atoms. The van der Waals surface area contributed by atoms with Crippen molar-refractivity contribution in [3.8, 4) is 0 Å². The van der Waals surface area contributed by atoms with Crippen LogP contribution in [-0.2, 0) is 20.7 Å². The number of nitrogens with zero attached hydrogens (tertiary/aromatic N) is 3. The number of hydrogen-bond acceptors (Lipinski definition) is 7. The molecule has 8 heteroatoms. The van der Waals surface area contributed by atoms with E-state index in [1.54, 1.807) is 0 Å². The Bertz CT molecular complexity index is 705. The fourth-order valence-corrected chi connectivity index (χ4v) is 4.34. The molecule has 1 aromatic rings. The van der Waals surface area contributed by atoms with Gasteiger partial charge in [-0.25, -0.2) is 9.97 Å². The van der Waals surface area contributed by atoms with Crippen LogP contribution in [0.1, 0.15) is 44.6 Å². The number of methoxy groups -OCH3 is 1. The monoisotopic (exact) mass is 392 g/mol. The molecule has 28 heavy (non-hydrogen) atoms. The normalized spacial score (nSPS) is 27.0. The Labute approximate surface area is 166 Å². The molecule has 1 spiro atoms. The zero-order chi connectivity index (χ0) is 20.4. The number of carbonyl (C=O) groups excluding carboxylic acids is 1. The van der Waals surface area contributed by atoms with E-state index in [9.17, 15) is 9.90 Å². The van der Waals surface area contributed by atoms with Gasteiger partial charge in [-0.2, -0.15) is 0 Å². The van der Waals surface area contributed by atoms with Crippen molar-refractivity contribution in [1.82, 2.24) is 15.3 Å². The van der Waals surface area contributed by atoms with Gasteiger partial charge in [0, 0.05) is 45.0 Å². The zero-order valence-corrected chi connectivity index (χ0v) is 17.3. The van der Waals surface area contributed by atoms with Gasteiger partial charge in [-0.1, -0.05) is 6.92 Å². The highest BCUT2D eigenvalue weighted by atomic mass is 16.5. The number of piperidine rings is 1. The summed E-state index contributed by atoms with van der Waals surface area (Å²) in [5.41, 5.74) is -0.416. The fourth-order valence-electron chi connectivity index (χ4n) is 4.34. The van der Waals surface area contributed by atoms with E-state index in [0.717, 1.165) is 36.8 Å². The standard InChI is InChI=1S/C20H32N4O4/c1-5-15-21-14(2)12-16(22-15)24-9-6-20(7-10-24)18(26)19(3,8-11-28-20)23-17(25)13-27-4/h12,18,26H,5-11,13H2,1-4H3,(H,23,25)/t18-,19+/m0/s1. The van der Waals surface area contributed by atoms with E-state index in [1.165, 1.54) is 7.11 Å². The van der Waals surface area contributed by atoms with Crippen LogP contribution in [0, 0.1) is 6.92 Å². The van der Waals surface area contributed by atoms with E-state index in [2.05, 4.69) is 27.1 Å². The Morgan fingerprint density at radius 1 is 1.39 bits per heavy atom. The number of hydrogen-bond donors (Lipinski definition) is 2. The number of anilines is 1. The molecule has 156 valence electrons. The Kier molecular flexibility index (Phi) is 6.21. The maximum Gasteiger partial charge on any atom is 0.246 e. The molecule has 2 saturated heterocycles. The van der Waals surface area contributed by atoms with Gasteiger partial charge in [-0.05, 0) is 33.1 Å². The summed E-state index contributed by atoms with van der Waals surface area (Å²) in [4.78, 5) is 23.4. The number of amides is 1. The van der Waals surface area contributed by atoms with Crippen LogP contribution in [0.25, 0.3) is 0 Å². The smallest absolute Gasteiger partial charge is 0.246 e. The number of carbonyl (C=O) groups is 1. The Balaban J connectivity index is 1.71. The molecule has 0 aromatic carbocycles. The minimum absolute atomic E-state index is 0.0171. The Morgan fingerprint density at radius 3 is 2.75 bits per heavy atom. The van der Waals surface area contributed by atoms with Crippen molar-refractivity contribution in [1.29, 1.82) is 0 Å². The third-order valence-electron chi connectivity index (χ3n) is 5.95. The van der Waals surface area contributed by atoms with E-state index >= 15 is 0 Å². The number of rotatable bonds is 5. The quantitative estimate of drug-likeness (QED) is 0.771. The summed E-state index contributed by atoms with van der Waals surface area (Å²) in [6.07, 6.45) is 1.94. The molecule has 3 rings (SSSR count). The number of aryl methyl sites for hydroxylation is 2. The van der Waals surface area contributed by atoms with Gasteiger partial charge in [0.15, 0.2) is 0 Å². The van der Waals surface area contributed by atoms with E-state index < -0.39 is 17.2 Å². The van der Waals surface area contributed by atoms with Crippen LogP contribution < -0.4 is 10.2 Å². The van der Waals surface area contributed by atoms with Gasteiger partial charge < -0.3 is 24.8 Å². The molecule has 2 aliphatic heterocycles. The molecule has 0 saturated carbocycles. The lowest BCUT2D eigenvalue weighted by Gasteiger charge is -2.53. The summed E-state index contributed by atoms with van der Waals surface area (Å²) in [6.45, 7) is 7.89. The number of aliphatic hydroxyl groups excluding tert-OH is 1. The van der Waals surface area contributed by atoms with Crippen LogP contribution in [0.4, 0.5) is 5.82 Å². The van der Waals surface area contributed by atoms with Gasteiger partial charge in [-0.15, -0.1) is 0 Å². The summed E-state index contributed by atoms with van der Waals surface area (Å²) in [7, 11) is 1.48. The van der Waals surface area contributed by atoms with Crippen LogP contribution in [0.3, 0.4) is 0 Å². The fraction of sp³-hybridized carbons (Fsp3) is 0.750. The molecule has 2 aliphatic rings. The van der Waals surface area contributed by atoms with E-state index in [0.29, 0.717) is 25.9 Å². The van der Waals surface area contributed by atoms with E-state index in [-0.39, 0.29) is 12.5 Å². The van der Waals surface area contributed by atoms with Crippen molar-refractivity contribution in [2.24, 2.45) is 0 Å². The second-order valence-electron chi connectivity index (χ2n) is 8.09. The molecule has 0 radical (unpaired) electrons. The second-order valence-corrected chi connectivity index (χ2v) is 8.09. The van der Waals surface area contributed by atoms with Crippen molar-refractivity contribution in [3.63, 3.8) is 0 Å². The summed E-state index contributed by atoms with van der Waals surface area (Å²) in [6, 6.07) is 2.00. The highest BCUT2D eigenvalue weighted by Gasteiger charge is 2.53. The van der Waals surface area contributed by atoms with Crippen molar-refractivity contribution in [2.75, 3.05) is 38.3 Å². The van der Waals surface area contributed by atoms with Crippen LogP contribution >= 0.6 is 0 Å². The number of aromatic nitrogens is 2. The first-order valence-electron chi connectivity index (χ1n) is 10.0. The van der Waals surface area contributed by atoms with Crippen molar-refractivity contribution in [3.05, 3.63) is 17.6 Å². The largest absolute Gasteiger partial charge is 0.388 e. The number of aliphatic hydroxyl groups is 1. The lowest BCUT2D eigenvalue weighted by Crippen LogP contribution is -2.69. The molecule has 8 nitrogen and oxygen atoms in total. The molecule has 2 N–H and O–H groups in total. The minimum atomic E-state index is -0.782. The summed E-state index contributed by atoms with van der Waals surface area (Å²) in [5.74, 6) is 1.56. The molecule has 1 amide bonds. The SMILES string of the molecule is CCc1nc(C)cc(N2CCC3(CC2)OCC[C@@](C)(NC(=O)COC)[C@@H]3O)n1. The van der Waals surface area contributed by atoms with Crippen LogP contribution in [0.2, 0.25) is 0 Å². The third-order valence-corrected chi connectivity index (χ3v) is 5.95. The molecule has 2 fully saturated rings. The van der Waals surface area contributed by atoms with Gasteiger partial charge in [0.05, 0.1) is 11.1 Å².